The molecule has 0 saturated carbocycles. The molecule has 0 atom stereocenters. The minimum absolute atomic E-state index is 0.322. The summed E-state index contributed by atoms with van der Waals surface area (Å²) in [5.74, 6) is 1.18. The Balaban J connectivity index is 2.00. The lowest BCUT2D eigenvalue weighted by Gasteiger charge is -2.20. The summed E-state index contributed by atoms with van der Waals surface area (Å²) in [5.41, 5.74) is 4.84. The van der Waals surface area contributed by atoms with Gasteiger partial charge in [0.2, 0.25) is 0 Å². The number of nitrogen functional groups attached to an aromatic ring is 1. The third-order valence-electron chi connectivity index (χ3n) is 2.82. The fraction of sp³-hybridized carbons (Fsp3) is 0.250. The van der Waals surface area contributed by atoms with E-state index in [1.54, 1.807) is 19.2 Å². The Kier molecular flexibility index (Phi) is 3.34. The van der Waals surface area contributed by atoms with Crippen molar-refractivity contribution in [3.8, 4) is 11.5 Å². The molecule has 0 fully saturated rings. The predicted molar refractivity (Wildman–Crippen MR) is 76.1 cm³/mol. The molecule has 0 bridgehead atoms. The molecular weight excluding hydrogens is 296 g/mol. The molecule has 1 aromatic carbocycles. The Bertz CT molecular complexity index is 814. The number of aromatic amines is 1. The van der Waals surface area contributed by atoms with Gasteiger partial charge in [0.05, 0.1) is 0 Å². The molecule has 0 aliphatic carbocycles. The minimum atomic E-state index is -0.841. The Hall–Kier alpha value is -2.42. The molecule has 9 heteroatoms. The van der Waals surface area contributed by atoms with Gasteiger partial charge in [-0.2, -0.15) is 4.98 Å². The molecule has 110 valence electrons. The van der Waals surface area contributed by atoms with Gasteiger partial charge in [0.15, 0.2) is 16.7 Å². The third-order valence-corrected chi connectivity index (χ3v) is 3.94. The smallest absolute Gasteiger partial charge is 0.339 e. The molecule has 2 heterocycles. The molecule has 8 nitrogen and oxygen atoms in total. The number of rotatable bonds is 2. The van der Waals surface area contributed by atoms with Crippen LogP contribution in [0.1, 0.15) is 0 Å². The number of anilines is 1. The Morgan fingerprint density at radius 1 is 1.29 bits per heavy atom. The number of nitrogens with zero attached hydrogens (tertiary/aromatic N) is 2. The molecule has 0 saturated heterocycles. The van der Waals surface area contributed by atoms with E-state index in [0.717, 1.165) is 11.8 Å². The lowest BCUT2D eigenvalue weighted by atomic mass is 10.2. The van der Waals surface area contributed by atoms with Gasteiger partial charge in [0.25, 0.3) is 0 Å². The van der Waals surface area contributed by atoms with Crippen molar-refractivity contribution in [3.05, 3.63) is 32.8 Å². The van der Waals surface area contributed by atoms with Crippen molar-refractivity contribution >= 4 is 17.4 Å². The van der Waals surface area contributed by atoms with Gasteiger partial charge >= 0.3 is 11.1 Å². The van der Waals surface area contributed by atoms with Crippen molar-refractivity contribution in [2.24, 2.45) is 7.05 Å². The maximum Gasteiger partial charge on any atom is 0.339 e. The molecule has 21 heavy (non-hydrogen) atoms. The van der Waals surface area contributed by atoms with Crippen molar-refractivity contribution in [3.63, 3.8) is 0 Å². The first-order chi connectivity index (χ1) is 10.0. The summed E-state index contributed by atoms with van der Waals surface area (Å²) in [4.78, 5) is 26.9. The number of hydrogen-bond acceptors (Lipinski definition) is 7. The first kappa shape index (κ1) is 13.6. The molecule has 0 unspecified atom stereocenters. The summed E-state index contributed by atoms with van der Waals surface area (Å²) < 4.78 is 12.3. The lowest BCUT2D eigenvalue weighted by molar-refractivity contribution is 0.171. The van der Waals surface area contributed by atoms with Crippen LogP contribution in [-0.2, 0) is 7.05 Å². The van der Waals surface area contributed by atoms with E-state index in [2.05, 4.69) is 10.1 Å². The van der Waals surface area contributed by atoms with E-state index in [1.807, 2.05) is 0 Å². The summed E-state index contributed by atoms with van der Waals surface area (Å²) in [6, 6.07) is 3.40. The Morgan fingerprint density at radius 2 is 1.95 bits per heavy atom. The van der Waals surface area contributed by atoms with E-state index < -0.39 is 11.1 Å². The molecule has 0 spiro atoms. The second-order valence-corrected chi connectivity index (χ2v) is 5.34. The molecule has 1 aromatic heterocycles. The highest BCUT2D eigenvalue weighted by Gasteiger charge is 2.16. The van der Waals surface area contributed by atoms with Crippen LogP contribution in [0.3, 0.4) is 0 Å². The number of fused-ring (bicyclic) bond motifs is 1. The number of aromatic nitrogens is 3. The number of nitrogens with one attached hydrogen (secondary N) is 1. The maximum atomic E-state index is 11.3. The number of H-pyrrole nitrogens is 1. The van der Waals surface area contributed by atoms with Crippen LogP contribution in [0.5, 0.6) is 11.5 Å². The number of aryl methyl sites for hydroxylation is 1. The van der Waals surface area contributed by atoms with Crippen molar-refractivity contribution in [2.75, 3.05) is 18.9 Å². The number of hydrogen-bond donors (Lipinski definition) is 2. The van der Waals surface area contributed by atoms with E-state index in [1.165, 1.54) is 4.68 Å². The van der Waals surface area contributed by atoms with Gasteiger partial charge < -0.3 is 15.2 Å². The molecular formula is C12H12N4O4S. The zero-order chi connectivity index (χ0) is 15.0. The summed E-state index contributed by atoms with van der Waals surface area (Å²) in [7, 11) is 1.59. The molecule has 2 aromatic rings. The SMILES string of the molecule is Cn1[nH]c(=O)c(=O)nc1Sc1cc2c(cc1N)OCCO2. The minimum Gasteiger partial charge on any atom is -0.486 e. The third kappa shape index (κ3) is 2.59. The van der Waals surface area contributed by atoms with Gasteiger partial charge in [0, 0.05) is 29.8 Å². The molecule has 0 radical (unpaired) electrons. The second-order valence-electron chi connectivity index (χ2n) is 4.34. The van der Waals surface area contributed by atoms with Gasteiger partial charge in [-0.3, -0.25) is 19.4 Å². The summed E-state index contributed by atoms with van der Waals surface area (Å²) in [5, 5.41) is 2.70. The van der Waals surface area contributed by atoms with Crippen LogP contribution in [0.25, 0.3) is 0 Å². The topological polar surface area (TPSA) is 112 Å². The highest BCUT2D eigenvalue weighted by Crippen LogP contribution is 2.40. The average molecular weight is 308 g/mol. The van der Waals surface area contributed by atoms with Gasteiger partial charge in [0.1, 0.15) is 13.2 Å². The predicted octanol–water partition coefficient (Wildman–Crippen LogP) is -0.0268. The quantitative estimate of drug-likeness (QED) is 0.592. The van der Waals surface area contributed by atoms with Crippen LogP contribution < -0.4 is 26.3 Å². The van der Waals surface area contributed by atoms with Gasteiger partial charge in [-0.15, -0.1) is 0 Å². The van der Waals surface area contributed by atoms with E-state index in [-0.39, 0.29) is 0 Å². The van der Waals surface area contributed by atoms with Crippen molar-refractivity contribution in [1.29, 1.82) is 0 Å². The molecule has 0 amide bonds. The first-order valence-electron chi connectivity index (χ1n) is 6.09. The van der Waals surface area contributed by atoms with Crippen molar-refractivity contribution in [1.82, 2.24) is 14.8 Å². The fourth-order valence-corrected chi connectivity index (χ4v) is 2.68. The van der Waals surface area contributed by atoms with Gasteiger partial charge in [-0.25, -0.2) is 0 Å². The molecule has 3 N–H and O–H groups in total. The number of benzene rings is 1. The van der Waals surface area contributed by atoms with E-state index in [9.17, 15) is 9.59 Å². The highest BCUT2D eigenvalue weighted by molar-refractivity contribution is 7.99. The largest absolute Gasteiger partial charge is 0.486 e. The fourth-order valence-electron chi connectivity index (χ4n) is 1.82. The van der Waals surface area contributed by atoms with E-state index in [4.69, 9.17) is 15.2 Å². The second kappa shape index (κ2) is 5.17. The lowest BCUT2D eigenvalue weighted by Crippen LogP contribution is -2.33. The first-order valence-corrected chi connectivity index (χ1v) is 6.90. The van der Waals surface area contributed by atoms with Crippen LogP contribution in [-0.4, -0.2) is 28.0 Å². The maximum absolute atomic E-state index is 11.3. The van der Waals surface area contributed by atoms with Gasteiger partial charge in [-0.05, 0) is 11.8 Å². The summed E-state index contributed by atoms with van der Waals surface area (Å²) in [6.07, 6.45) is 0. The average Bonchev–Trinajstić information content (AvgIpc) is 2.45. The van der Waals surface area contributed by atoms with E-state index in [0.29, 0.717) is 40.5 Å². The van der Waals surface area contributed by atoms with Crippen molar-refractivity contribution < 1.29 is 9.47 Å². The molecule has 3 rings (SSSR count). The summed E-state index contributed by atoms with van der Waals surface area (Å²) >= 11 is 1.16. The number of ether oxygens (including phenoxy) is 2. The monoisotopic (exact) mass is 308 g/mol. The summed E-state index contributed by atoms with van der Waals surface area (Å²) in [6.45, 7) is 0.950. The zero-order valence-corrected chi connectivity index (χ0v) is 11.9. The van der Waals surface area contributed by atoms with Crippen molar-refractivity contribution in [2.45, 2.75) is 10.1 Å². The normalized spacial score (nSPS) is 13.2. The highest BCUT2D eigenvalue weighted by atomic mass is 32.2. The van der Waals surface area contributed by atoms with Crippen LogP contribution in [0.2, 0.25) is 0 Å². The van der Waals surface area contributed by atoms with Crippen LogP contribution in [0, 0.1) is 0 Å². The molecule has 1 aliphatic heterocycles. The van der Waals surface area contributed by atoms with Crippen LogP contribution in [0.15, 0.2) is 31.8 Å². The Labute approximate surface area is 122 Å². The number of nitrogens with two attached hydrogens (primary N) is 1. The van der Waals surface area contributed by atoms with Crippen LogP contribution in [0.4, 0.5) is 5.69 Å². The molecule has 1 aliphatic rings. The standard InChI is InChI=1S/C12H12N4O4S/c1-16-12(14-10(17)11(18)15-16)21-9-5-8-7(4-6(9)13)19-2-3-20-8/h4-5H,2-3,13H2,1H3,(H,15,18). The van der Waals surface area contributed by atoms with E-state index >= 15 is 0 Å². The van der Waals surface area contributed by atoms with Crippen LogP contribution >= 0.6 is 11.8 Å². The Morgan fingerprint density at radius 3 is 2.67 bits per heavy atom. The zero-order valence-electron chi connectivity index (χ0n) is 11.1. The van der Waals surface area contributed by atoms with Gasteiger partial charge in [-0.1, -0.05) is 0 Å².